The molecule has 2 aromatic rings. The Morgan fingerprint density at radius 2 is 1.73 bits per heavy atom. The number of nitrogens with one attached hydrogen (secondary N) is 1. The van der Waals surface area contributed by atoms with Crippen molar-refractivity contribution in [2.45, 2.75) is 25.9 Å². The normalized spacial score (nSPS) is 12.5. The molecule has 0 aromatic heterocycles. The number of sulfonamides is 1. The summed E-state index contributed by atoms with van der Waals surface area (Å²) in [5.41, 5.74) is 1.08. The van der Waals surface area contributed by atoms with Crippen molar-refractivity contribution in [3.05, 3.63) is 64.9 Å². The topological polar surface area (TPSA) is 66.5 Å². The fourth-order valence-corrected chi connectivity index (χ4v) is 3.90. The van der Waals surface area contributed by atoms with Crippen LogP contribution in [0.15, 0.2) is 48.5 Å². The Balaban J connectivity index is 2.22. The van der Waals surface area contributed by atoms with E-state index in [1.807, 2.05) is 0 Å². The van der Waals surface area contributed by atoms with Gasteiger partial charge in [0.05, 0.1) is 11.9 Å². The van der Waals surface area contributed by atoms with Crippen molar-refractivity contribution in [2.75, 3.05) is 10.6 Å². The molecule has 0 bridgehead atoms. The van der Waals surface area contributed by atoms with Crippen LogP contribution in [0.1, 0.15) is 18.9 Å². The number of hydrogen-bond acceptors (Lipinski definition) is 3. The van der Waals surface area contributed by atoms with Gasteiger partial charge in [-0.05, 0) is 48.4 Å². The van der Waals surface area contributed by atoms with Crippen molar-refractivity contribution < 1.29 is 17.6 Å². The minimum atomic E-state index is -3.70. The Morgan fingerprint density at radius 1 is 1.15 bits per heavy atom. The first kappa shape index (κ1) is 20.2. The summed E-state index contributed by atoms with van der Waals surface area (Å²) in [7, 11) is -3.70. The quantitative estimate of drug-likeness (QED) is 0.777. The van der Waals surface area contributed by atoms with Gasteiger partial charge in [-0.15, -0.1) is 0 Å². The SMILES string of the molecule is CC[C@H](C(=O)NCc1ccc(F)cc1)N(c1ccc(Cl)cc1)S(C)(=O)=O. The fourth-order valence-electron chi connectivity index (χ4n) is 2.56. The number of carbonyl (C=O) groups is 1. The first-order valence-electron chi connectivity index (χ1n) is 7.99. The van der Waals surface area contributed by atoms with Crippen molar-refractivity contribution in [1.82, 2.24) is 5.32 Å². The van der Waals surface area contributed by atoms with Crippen LogP contribution in [-0.4, -0.2) is 26.6 Å². The van der Waals surface area contributed by atoms with Gasteiger partial charge in [0.15, 0.2) is 0 Å². The van der Waals surface area contributed by atoms with Gasteiger partial charge in [0, 0.05) is 11.6 Å². The number of nitrogens with zero attached hydrogens (tertiary/aromatic N) is 1. The van der Waals surface area contributed by atoms with E-state index in [1.54, 1.807) is 43.3 Å². The van der Waals surface area contributed by atoms with Gasteiger partial charge < -0.3 is 5.32 Å². The fraction of sp³-hybridized carbons (Fsp3) is 0.278. The maximum absolute atomic E-state index is 13.0. The molecule has 1 N–H and O–H groups in total. The van der Waals surface area contributed by atoms with E-state index in [1.165, 1.54) is 12.1 Å². The van der Waals surface area contributed by atoms with E-state index in [2.05, 4.69) is 5.32 Å². The molecule has 0 saturated heterocycles. The minimum Gasteiger partial charge on any atom is -0.350 e. The van der Waals surface area contributed by atoms with Gasteiger partial charge in [-0.2, -0.15) is 0 Å². The molecule has 0 unspecified atom stereocenters. The van der Waals surface area contributed by atoms with Gasteiger partial charge in [0.2, 0.25) is 15.9 Å². The Morgan fingerprint density at radius 3 is 2.23 bits per heavy atom. The van der Waals surface area contributed by atoms with Crippen LogP contribution in [0.5, 0.6) is 0 Å². The van der Waals surface area contributed by atoms with Crippen molar-refractivity contribution in [3.8, 4) is 0 Å². The molecule has 5 nitrogen and oxygen atoms in total. The van der Waals surface area contributed by atoms with Crippen LogP contribution in [0.2, 0.25) is 5.02 Å². The summed E-state index contributed by atoms with van der Waals surface area (Å²) in [4.78, 5) is 12.6. The summed E-state index contributed by atoms with van der Waals surface area (Å²) in [6.07, 6.45) is 1.34. The Kier molecular flexibility index (Phi) is 6.61. The molecule has 0 aliphatic carbocycles. The smallest absolute Gasteiger partial charge is 0.244 e. The molecule has 26 heavy (non-hydrogen) atoms. The lowest BCUT2D eigenvalue weighted by Crippen LogP contribution is -2.49. The number of halogens is 2. The molecule has 0 radical (unpaired) electrons. The van der Waals surface area contributed by atoms with Crippen LogP contribution in [0.4, 0.5) is 10.1 Å². The number of anilines is 1. The molecule has 1 amide bonds. The number of hydrogen-bond donors (Lipinski definition) is 1. The second-order valence-corrected chi connectivity index (χ2v) is 8.10. The number of amides is 1. The Labute approximate surface area is 157 Å². The zero-order valence-electron chi connectivity index (χ0n) is 14.4. The summed E-state index contributed by atoms with van der Waals surface area (Å²) in [5, 5.41) is 3.18. The van der Waals surface area contributed by atoms with Crippen molar-refractivity contribution in [3.63, 3.8) is 0 Å². The summed E-state index contributed by atoms with van der Waals surface area (Å²) < 4.78 is 38.6. The van der Waals surface area contributed by atoms with Crippen LogP contribution < -0.4 is 9.62 Å². The predicted octanol–water partition coefficient (Wildman–Crippen LogP) is 3.34. The van der Waals surface area contributed by atoms with Crippen molar-refractivity contribution >= 4 is 33.2 Å². The van der Waals surface area contributed by atoms with E-state index in [0.29, 0.717) is 16.3 Å². The average Bonchev–Trinajstić information content (AvgIpc) is 2.59. The molecule has 1 atom stereocenters. The van der Waals surface area contributed by atoms with Crippen LogP contribution in [0, 0.1) is 5.82 Å². The largest absolute Gasteiger partial charge is 0.350 e. The number of rotatable bonds is 7. The molecular weight excluding hydrogens is 379 g/mol. The lowest BCUT2D eigenvalue weighted by atomic mass is 10.1. The highest BCUT2D eigenvalue weighted by Gasteiger charge is 2.31. The lowest BCUT2D eigenvalue weighted by molar-refractivity contribution is -0.122. The molecule has 8 heteroatoms. The van der Waals surface area contributed by atoms with Gasteiger partial charge in [-0.3, -0.25) is 9.10 Å². The van der Waals surface area contributed by atoms with E-state index in [0.717, 1.165) is 10.6 Å². The van der Waals surface area contributed by atoms with E-state index in [-0.39, 0.29) is 18.8 Å². The monoisotopic (exact) mass is 398 g/mol. The molecule has 0 spiro atoms. The molecule has 140 valence electrons. The second kappa shape index (κ2) is 8.51. The molecule has 2 rings (SSSR count). The lowest BCUT2D eigenvalue weighted by Gasteiger charge is -2.30. The third-order valence-corrected chi connectivity index (χ3v) is 5.22. The average molecular weight is 399 g/mol. The summed E-state index contributed by atoms with van der Waals surface area (Å²) in [6, 6.07) is 11.1. The maximum Gasteiger partial charge on any atom is 0.244 e. The van der Waals surface area contributed by atoms with Gasteiger partial charge >= 0.3 is 0 Å². The van der Waals surface area contributed by atoms with Crippen molar-refractivity contribution in [2.24, 2.45) is 0 Å². The third kappa shape index (κ3) is 5.19. The molecule has 0 aliphatic rings. The van der Waals surface area contributed by atoms with Gasteiger partial charge in [0.1, 0.15) is 11.9 Å². The zero-order valence-corrected chi connectivity index (χ0v) is 16.0. The minimum absolute atomic E-state index is 0.174. The Bertz CT molecular complexity index is 855. The zero-order chi connectivity index (χ0) is 19.3. The van der Waals surface area contributed by atoms with Crippen LogP contribution in [0.3, 0.4) is 0 Å². The number of carbonyl (C=O) groups excluding carboxylic acids is 1. The van der Waals surface area contributed by atoms with Gasteiger partial charge in [0.25, 0.3) is 0 Å². The maximum atomic E-state index is 13.0. The highest BCUT2D eigenvalue weighted by molar-refractivity contribution is 7.92. The van der Waals surface area contributed by atoms with E-state index >= 15 is 0 Å². The molecule has 0 heterocycles. The van der Waals surface area contributed by atoms with Crippen LogP contribution in [-0.2, 0) is 21.4 Å². The van der Waals surface area contributed by atoms with Gasteiger partial charge in [-0.25, -0.2) is 12.8 Å². The van der Waals surface area contributed by atoms with E-state index in [4.69, 9.17) is 11.6 Å². The molecule has 0 saturated carbocycles. The molecule has 0 fully saturated rings. The summed E-state index contributed by atoms with van der Waals surface area (Å²) >= 11 is 5.86. The second-order valence-electron chi connectivity index (χ2n) is 5.80. The van der Waals surface area contributed by atoms with Gasteiger partial charge in [-0.1, -0.05) is 30.7 Å². The first-order chi connectivity index (χ1) is 12.2. The number of benzene rings is 2. The first-order valence-corrected chi connectivity index (χ1v) is 10.2. The van der Waals surface area contributed by atoms with E-state index in [9.17, 15) is 17.6 Å². The molecule has 2 aromatic carbocycles. The highest BCUT2D eigenvalue weighted by Crippen LogP contribution is 2.24. The third-order valence-electron chi connectivity index (χ3n) is 3.79. The molecular formula is C18H20ClFN2O3S. The highest BCUT2D eigenvalue weighted by atomic mass is 35.5. The predicted molar refractivity (Wildman–Crippen MR) is 101 cm³/mol. The summed E-state index contributed by atoms with van der Waals surface area (Å²) in [6.45, 7) is 1.91. The van der Waals surface area contributed by atoms with E-state index < -0.39 is 22.0 Å². The standard InChI is InChI=1S/C18H20ClFN2O3S/c1-3-17(18(23)21-12-13-4-8-15(20)9-5-13)22(26(2,24)25)16-10-6-14(19)7-11-16/h4-11,17H,3,12H2,1-2H3,(H,21,23)/t17-/m1/s1. The van der Waals surface area contributed by atoms with Crippen LogP contribution in [0.25, 0.3) is 0 Å². The van der Waals surface area contributed by atoms with Crippen molar-refractivity contribution in [1.29, 1.82) is 0 Å². The Hall–Kier alpha value is -2.12. The van der Waals surface area contributed by atoms with Crippen LogP contribution >= 0.6 is 11.6 Å². The molecule has 0 aliphatic heterocycles. The summed E-state index contributed by atoms with van der Waals surface area (Å²) in [5.74, 6) is -0.797.